The summed E-state index contributed by atoms with van der Waals surface area (Å²) >= 11 is 0. The van der Waals surface area contributed by atoms with E-state index in [4.69, 9.17) is 0 Å². The molecule has 0 atom stereocenters. The van der Waals surface area contributed by atoms with E-state index in [1.165, 1.54) is 0 Å². The largest absolute Gasteiger partial charge is 1.00 e. The van der Waals surface area contributed by atoms with Crippen molar-refractivity contribution in [2.45, 2.75) is 57.5 Å². The Bertz CT molecular complexity index is 125. The van der Waals surface area contributed by atoms with Gasteiger partial charge in [0.15, 0.2) is 0 Å². The molecule has 5 heteroatoms. The molecule has 0 rings (SSSR count). The molecule has 0 aromatic rings. The van der Waals surface area contributed by atoms with Crippen LogP contribution in [0.4, 0.5) is 17.6 Å². The number of hydrogen-bond donors (Lipinski definition) is 0. The molecule has 0 aromatic heterocycles. The molecule has 0 N–H and O–H groups in total. The van der Waals surface area contributed by atoms with E-state index < -0.39 is 12.6 Å². The van der Waals surface area contributed by atoms with Crippen LogP contribution in [0, 0.1) is 6.67 Å². The normalized spacial score (nSPS) is 11.2. The fourth-order valence-electron chi connectivity index (χ4n) is 1.25. The molecule has 0 aliphatic rings. The van der Waals surface area contributed by atoms with Crippen molar-refractivity contribution >= 4 is 0 Å². The van der Waals surface area contributed by atoms with E-state index in [0.29, 0.717) is 19.5 Å². The number of hydrogen-bond acceptors (Lipinski definition) is 0. The summed E-state index contributed by atoms with van der Waals surface area (Å²) in [4.78, 5) is 0. The predicted molar refractivity (Wildman–Crippen MR) is 48.4 cm³/mol. The zero-order valence-corrected chi connectivity index (χ0v) is 11.2. The quantitative estimate of drug-likeness (QED) is 0.261. The Morgan fingerprint density at radius 1 is 0.800 bits per heavy atom. The fraction of sp³-hybridized carbons (Fsp3) is 0.900. The fourth-order valence-corrected chi connectivity index (χ4v) is 1.25. The molecule has 0 aliphatic heterocycles. The Kier molecular flexibility index (Phi) is 13.5. The van der Waals surface area contributed by atoms with Crippen LogP contribution in [-0.2, 0) is 0 Å². The van der Waals surface area contributed by atoms with Crippen LogP contribution in [0.5, 0.6) is 0 Å². The van der Waals surface area contributed by atoms with Gasteiger partial charge in [-0.3, -0.25) is 0 Å². The first-order valence-electron chi connectivity index (χ1n) is 5.05. The Balaban J connectivity index is 0. The Morgan fingerprint density at radius 3 is 1.73 bits per heavy atom. The Labute approximate surface area is 111 Å². The van der Waals surface area contributed by atoms with Crippen molar-refractivity contribution < 1.29 is 47.1 Å². The first kappa shape index (κ1) is 18.1. The van der Waals surface area contributed by atoms with Gasteiger partial charge in [0.1, 0.15) is 0 Å². The second-order valence-electron chi connectivity index (χ2n) is 3.43. The van der Waals surface area contributed by atoms with Crippen molar-refractivity contribution in [1.82, 2.24) is 0 Å². The Hall–Kier alpha value is 0.720. The average molecular weight is 236 g/mol. The summed E-state index contributed by atoms with van der Waals surface area (Å²) < 4.78 is 46.6. The molecule has 0 heterocycles. The first-order chi connectivity index (χ1) is 6.56. The zero-order chi connectivity index (χ0) is 10.9. The molecule has 0 amide bonds. The third-order valence-electron chi connectivity index (χ3n) is 2.02. The second-order valence-corrected chi connectivity index (χ2v) is 3.43. The van der Waals surface area contributed by atoms with Crippen LogP contribution in [0.2, 0.25) is 0 Å². The minimum absolute atomic E-state index is 0. The zero-order valence-electron chi connectivity index (χ0n) is 9.25. The molecule has 0 aromatic carbocycles. The topological polar surface area (TPSA) is 0 Å². The van der Waals surface area contributed by atoms with Gasteiger partial charge in [0.25, 0.3) is 0 Å². The van der Waals surface area contributed by atoms with Gasteiger partial charge >= 0.3 is 35.7 Å². The molecule has 0 bridgehead atoms. The van der Waals surface area contributed by atoms with Gasteiger partial charge in [0, 0.05) is 6.42 Å². The second kappa shape index (κ2) is 11.2. The molecular weight excluding hydrogens is 219 g/mol. The summed E-state index contributed by atoms with van der Waals surface area (Å²) in [5.74, 6) is 0. The van der Waals surface area contributed by atoms with E-state index in [2.05, 4.69) is 0 Å². The van der Waals surface area contributed by atoms with Crippen molar-refractivity contribution in [3.8, 4) is 0 Å². The smallest absolute Gasteiger partial charge is 0.459 e. The van der Waals surface area contributed by atoms with Gasteiger partial charge in [0.05, 0.1) is 0 Å². The molecular formula is C10H17F4Na. The monoisotopic (exact) mass is 236 g/mol. The summed E-state index contributed by atoms with van der Waals surface area (Å²) in [5, 5.41) is 0. The van der Waals surface area contributed by atoms with Crippen LogP contribution >= 0.6 is 0 Å². The molecule has 0 radical (unpaired) electrons. The molecule has 0 saturated carbocycles. The van der Waals surface area contributed by atoms with Crippen molar-refractivity contribution in [1.29, 1.82) is 0 Å². The van der Waals surface area contributed by atoms with Crippen molar-refractivity contribution in [2.24, 2.45) is 0 Å². The van der Waals surface area contributed by atoms with E-state index in [0.717, 1.165) is 25.7 Å². The summed E-state index contributed by atoms with van der Waals surface area (Å²) in [6, 6.07) is 0. The third kappa shape index (κ3) is 17.3. The molecule has 0 spiro atoms. The third-order valence-corrected chi connectivity index (χ3v) is 2.02. The molecule has 0 fully saturated rings. The maximum atomic E-state index is 11.7. The number of unbranched alkanes of at least 4 members (excludes halogenated alkanes) is 6. The van der Waals surface area contributed by atoms with Crippen molar-refractivity contribution in [3.05, 3.63) is 6.67 Å². The molecule has 86 valence electrons. The molecule has 0 aliphatic carbocycles. The molecule has 0 nitrogen and oxygen atoms in total. The van der Waals surface area contributed by atoms with Crippen LogP contribution in [0.25, 0.3) is 0 Å². The number of alkyl halides is 3. The van der Waals surface area contributed by atoms with Gasteiger partial charge in [0.2, 0.25) is 0 Å². The minimum atomic E-state index is -4.01. The van der Waals surface area contributed by atoms with Crippen LogP contribution in [0.15, 0.2) is 0 Å². The van der Waals surface area contributed by atoms with E-state index in [-0.39, 0.29) is 36.0 Å². The maximum Gasteiger partial charge on any atom is 1.00 e. The van der Waals surface area contributed by atoms with Crippen LogP contribution < -0.4 is 29.6 Å². The van der Waals surface area contributed by atoms with Gasteiger partial charge in [-0.05, 0) is 6.42 Å². The van der Waals surface area contributed by atoms with Crippen molar-refractivity contribution in [2.75, 3.05) is 0 Å². The van der Waals surface area contributed by atoms with Gasteiger partial charge in [-0.1, -0.05) is 32.1 Å². The average Bonchev–Trinajstić information content (AvgIpc) is 2.08. The SMILES string of the molecule is F[CH-]CCCCCCCCC(F)(F)F.[Na+]. The van der Waals surface area contributed by atoms with E-state index in [9.17, 15) is 17.6 Å². The molecule has 0 unspecified atom stereocenters. The van der Waals surface area contributed by atoms with E-state index in [1.54, 1.807) is 0 Å². The number of halogens is 4. The first-order valence-corrected chi connectivity index (χ1v) is 5.05. The van der Waals surface area contributed by atoms with Gasteiger partial charge in [-0.25, -0.2) is 0 Å². The summed E-state index contributed by atoms with van der Waals surface area (Å²) in [7, 11) is 0. The number of rotatable bonds is 8. The van der Waals surface area contributed by atoms with Gasteiger partial charge in [-0.2, -0.15) is 26.3 Å². The van der Waals surface area contributed by atoms with Gasteiger partial charge in [-0.15, -0.1) is 0 Å². The van der Waals surface area contributed by atoms with Crippen molar-refractivity contribution in [3.63, 3.8) is 0 Å². The Morgan fingerprint density at radius 2 is 1.27 bits per heavy atom. The maximum absolute atomic E-state index is 11.7. The summed E-state index contributed by atoms with van der Waals surface area (Å²) in [5.41, 5.74) is 0. The summed E-state index contributed by atoms with van der Waals surface area (Å²) in [6.45, 7) is 0.629. The standard InChI is InChI=1S/C10H17F4.Na/c11-9-7-5-3-1-2-4-6-8-10(12,13)14;/h9H,1-8H2;/q-1;+1. The molecule has 15 heavy (non-hydrogen) atoms. The molecule has 0 saturated heterocycles. The summed E-state index contributed by atoms with van der Waals surface area (Å²) in [6.07, 6.45) is 0.0604. The predicted octanol–water partition coefficient (Wildman–Crippen LogP) is 1.80. The van der Waals surface area contributed by atoms with Crippen LogP contribution in [0.1, 0.15) is 51.4 Å². The van der Waals surface area contributed by atoms with Crippen LogP contribution in [0.3, 0.4) is 0 Å². The van der Waals surface area contributed by atoms with Crippen LogP contribution in [-0.4, -0.2) is 6.18 Å². The van der Waals surface area contributed by atoms with E-state index >= 15 is 0 Å². The minimum Gasteiger partial charge on any atom is -0.459 e. The van der Waals surface area contributed by atoms with E-state index in [1.807, 2.05) is 0 Å². The van der Waals surface area contributed by atoms with Gasteiger partial charge < -0.3 is 4.39 Å².